The number of hydrogen-bond donors (Lipinski definition) is 0. The summed E-state index contributed by atoms with van der Waals surface area (Å²) in [5.41, 5.74) is 2.41. The van der Waals surface area contributed by atoms with Crippen LogP contribution in [0.3, 0.4) is 0 Å². The highest BCUT2D eigenvalue weighted by Gasteiger charge is 2.43. The fraction of sp³-hybridized carbons (Fsp3) is 0.150. The van der Waals surface area contributed by atoms with Crippen molar-refractivity contribution in [3.63, 3.8) is 0 Å². The molecule has 0 spiro atoms. The molecule has 0 N–H and O–H groups in total. The first-order valence-electron chi connectivity index (χ1n) is 8.19. The second-order valence-corrected chi connectivity index (χ2v) is 6.08. The topological polar surface area (TPSA) is 53.5 Å². The maximum Gasteiger partial charge on any atom is 0.332 e. The van der Waals surface area contributed by atoms with Gasteiger partial charge in [-0.2, -0.15) is 0 Å². The summed E-state index contributed by atoms with van der Waals surface area (Å²) in [6.07, 6.45) is 1.72. The van der Waals surface area contributed by atoms with E-state index < -0.39 is 6.04 Å². The first-order chi connectivity index (χ1) is 12.2. The van der Waals surface area contributed by atoms with Gasteiger partial charge in [-0.1, -0.05) is 42.5 Å². The second kappa shape index (κ2) is 6.02. The highest BCUT2D eigenvalue weighted by atomic mass is 16.2. The number of para-hydroxylation sites is 2. The third kappa shape index (κ3) is 2.54. The highest BCUT2D eigenvalue weighted by molar-refractivity contribution is 6.14. The van der Waals surface area contributed by atoms with Crippen LogP contribution >= 0.6 is 0 Å². The summed E-state index contributed by atoms with van der Waals surface area (Å²) in [6, 6.07) is 18.1. The van der Waals surface area contributed by atoms with Crippen molar-refractivity contribution >= 4 is 28.5 Å². The van der Waals surface area contributed by atoms with Gasteiger partial charge in [0.2, 0.25) is 0 Å². The largest absolute Gasteiger partial charge is 0.332 e. The van der Waals surface area contributed by atoms with E-state index in [1.807, 2.05) is 60.7 Å². The van der Waals surface area contributed by atoms with Crippen LogP contribution in [0, 0.1) is 0 Å². The number of pyridine rings is 1. The zero-order valence-corrected chi connectivity index (χ0v) is 13.8. The van der Waals surface area contributed by atoms with Crippen LogP contribution in [0.15, 0.2) is 66.9 Å². The Morgan fingerprint density at radius 1 is 0.960 bits per heavy atom. The molecular formula is C20H17N3O2. The molecule has 1 aromatic heterocycles. The van der Waals surface area contributed by atoms with E-state index in [0.29, 0.717) is 0 Å². The molecule has 4 rings (SSSR count). The third-order valence-electron chi connectivity index (χ3n) is 4.53. The monoisotopic (exact) mass is 331 g/mol. The van der Waals surface area contributed by atoms with Gasteiger partial charge >= 0.3 is 6.03 Å². The van der Waals surface area contributed by atoms with E-state index in [1.165, 1.54) is 4.90 Å². The summed E-state index contributed by atoms with van der Waals surface area (Å²) < 4.78 is 0. The van der Waals surface area contributed by atoms with Gasteiger partial charge in [0.15, 0.2) is 0 Å². The Bertz CT molecular complexity index is 950. The van der Waals surface area contributed by atoms with Gasteiger partial charge in [-0.25, -0.2) is 4.79 Å². The molecule has 1 fully saturated rings. The first-order valence-corrected chi connectivity index (χ1v) is 8.19. The SMILES string of the molecule is C[C@@H]1C(=O)N(Cc2cccc3cccnc23)C(=O)N1c1ccccc1. The number of anilines is 1. The molecule has 0 unspecified atom stereocenters. The molecule has 0 saturated carbocycles. The number of carbonyl (C=O) groups is 2. The van der Waals surface area contributed by atoms with Crippen molar-refractivity contribution in [2.45, 2.75) is 19.5 Å². The molecule has 1 aliphatic rings. The molecule has 2 heterocycles. The lowest BCUT2D eigenvalue weighted by atomic mass is 10.1. The van der Waals surface area contributed by atoms with Gasteiger partial charge in [0.05, 0.1) is 12.1 Å². The number of amides is 3. The Morgan fingerprint density at radius 3 is 2.52 bits per heavy atom. The number of rotatable bonds is 3. The number of fused-ring (bicyclic) bond motifs is 1. The van der Waals surface area contributed by atoms with Gasteiger partial charge < -0.3 is 0 Å². The maximum atomic E-state index is 12.9. The molecule has 5 heteroatoms. The second-order valence-electron chi connectivity index (χ2n) is 6.08. The van der Waals surface area contributed by atoms with E-state index in [2.05, 4.69) is 4.98 Å². The summed E-state index contributed by atoms with van der Waals surface area (Å²) in [5, 5.41) is 0.993. The summed E-state index contributed by atoms with van der Waals surface area (Å²) in [6.45, 7) is 1.98. The smallest absolute Gasteiger partial charge is 0.282 e. The fourth-order valence-corrected chi connectivity index (χ4v) is 3.26. The molecule has 1 saturated heterocycles. The molecule has 0 bridgehead atoms. The van der Waals surface area contributed by atoms with E-state index in [4.69, 9.17) is 0 Å². The van der Waals surface area contributed by atoms with Crippen LogP contribution in [0.2, 0.25) is 0 Å². The van der Waals surface area contributed by atoms with Crippen molar-refractivity contribution in [3.8, 4) is 0 Å². The van der Waals surface area contributed by atoms with Gasteiger partial charge in [-0.05, 0) is 30.7 Å². The van der Waals surface area contributed by atoms with E-state index in [9.17, 15) is 9.59 Å². The molecule has 3 amide bonds. The molecule has 0 radical (unpaired) electrons. The number of aromatic nitrogens is 1. The van der Waals surface area contributed by atoms with Crippen LogP contribution in [0.5, 0.6) is 0 Å². The number of benzene rings is 2. The Hall–Kier alpha value is -3.21. The summed E-state index contributed by atoms with van der Waals surface area (Å²) in [4.78, 5) is 32.8. The predicted octanol–water partition coefficient (Wildman–Crippen LogP) is 3.59. The molecule has 124 valence electrons. The van der Waals surface area contributed by atoms with Gasteiger partial charge in [0.1, 0.15) is 6.04 Å². The molecule has 5 nitrogen and oxygen atoms in total. The molecule has 1 aliphatic heterocycles. The predicted molar refractivity (Wildman–Crippen MR) is 96.1 cm³/mol. The number of hydrogen-bond acceptors (Lipinski definition) is 3. The van der Waals surface area contributed by atoms with E-state index in [-0.39, 0.29) is 18.5 Å². The van der Waals surface area contributed by atoms with Crippen LogP contribution in [0.1, 0.15) is 12.5 Å². The normalized spacial score (nSPS) is 17.6. The lowest BCUT2D eigenvalue weighted by molar-refractivity contribution is -0.127. The quantitative estimate of drug-likeness (QED) is 0.689. The number of imide groups is 1. The Balaban J connectivity index is 1.69. The van der Waals surface area contributed by atoms with Gasteiger partial charge in [-0.15, -0.1) is 0 Å². The van der Waals surface area contributed by atoms with Crippen LogP contribution in [0.25, 0.3) is 10.9 Å². The third-order valence-corrected chi connectivity index (χ3v) is 4.53. The number of carbonyl (C=O) groups excluding carboxylic acids is 2. The van der Waals surface area contributed by atoms with Crippen molar-refractivity contribution in [1.29, 1.82) is 0 Å². The van der Waals surface area contributed by atoms with Crippen molar-refractivity contribution in [1.82, 2.24) is 9.88 Å². The zero-order valence-electron chi connectivity index (χ0n) is 13.8. The van der Waals surface area contributed by atoms with Crippen LogP contribution in [-0.2, 0) is 11.3 Å². The van der Waals surface area contributed by atoms with Crippen molar-refractivity contribution in [2.24, 2.45) is 0 Å². The average molecular weight is 331 g/mol. The van der Waals surface area contributed by atoms with Gasteiger partial charge in [0, 0.05) is 17.3 Å². The van der Waals surface area contributed by atoms with E-state index in [1.54, 1.807) is 18.0 Å². The highest BCUT2D eigenvalue weighted by Crippen LogP contribution is 2.28. The van der Waals surface area contributed by atoms with Crippen molar-refractivity contribution < 1.29 is 9.59 Å². The molecule has 0 aliphatic carbocycles. The standard InChI is InChI=1S/C20H17N3O2/c1-14-19(24)22(20(25)23(14)17-10-3-2-4-11-17)13-16-8-5-7-15-9-6-12-21-18(15)16/h2-12,14H,13H2,1H3/t14-/m1/s1. The average Bonchev–Trinajstić information content (AvgIpc) is 2.86. The Morgan fingerprint density at radius 2 is 1.72 bits per heavy atom. The van der Waals surface area contributed by atoms with Gasteiger partial charge in [0.25, 0.3) is 5.91 Å². The molecule has 3 aromatic rings. The fourth-order valence-electron chi connectivity index (χ4n) is 3.26. The number of nitrogens with zero attached hydrogens (tertiary/aromatic N) is 3. The minimum absolute atomic E-state index is 0.193. The molecule has 2 aromatic carbocycles. The molecule has 25 heavy (non-hydrogen) atoms. The molecule has 1 atom stereocenters. The lowest BCUT2D eigenvalue weighted by Gasteiger charge is -2.19. The first kappa shape index (κ1) is 15.3. The summed E-state index contributed by atoms with van der Waals surface area (Å²) >= 11 is 0. The number of urea groups is 1. The maximum absolute atomic E-state index is 12.9. The summed E-state index contributed by atoms with van der Waals surface area (Å²) in [7, 11) is 0. The van der Waals surface area contributed by atoms with Crippen molar-refractivity contribution in [3.05, 3.63) is 72.4 Å². The van der Waals surface area contributed by atoms with Crippen LogP contribution in [-0.4, -0.2) is 27.9 Å². The summed E-state index contributed by atoms with van der Waals surface area (Å²) in [5.74, 6) is -0.193. The van der Waals surface area contributed by atoms with E-state index >= 15 is 0 Å². The van der Waals surface area contributed by atoms with E-state index in [0.717, 1.165) is 22.2 Å². The van der Waals surface area contributed by atoms with Crippen LogP contribution in [0.4, 0.5) is 10.5 Å². The van der Waals surface area contributed by atoms with Gasteiger partial charge in [-0.3, -0.25) is 19.6 Å². The lowest BCUT2D eigenvalue weighted by Crippen LogP contribution is -2.33. The molecular weight excluding hydrogens is 314 g/mol. The Kier molecular flexibility index (Phi) is 3.69. The minimum atomic E-state index is -0.516. The Labute approximate surface area is 145 Å². The van der Waals surface area contributed by atoms with Crippen molar-refractivity contribution in [2.75, 3.05) is 4.90 Å². The minimum Gasteiger partial charge on any atom is -0.282 e. The van der Waals surface area contributed by atoms with Crippen LogP contribution < -0.4 is 4.90 Å². The zero-order chi connectivity index (χ0) is 17.4.